The van der Waals surface area contributed by atoms with Crippen LogP contribution >= 0.6 is 0 Å². The van der Waals surface area contributed by atoms with Crippen LogP contribution < -0.4 is 5.32 Å². The molecule has 0 bridgehead atoms. The van der Waals surface area contributed by atoms with Crippen LogP contribution in [0.15, 0.2) is 16.7 Å². The lowest BCUT2D eigenvalue weighted by Crippen LogP contribution is -2.22. The maximum Gasteiger partial charge on any atom is 0.120 e. The van der Waals surface area contributed by atoms with E-state index in [4.69, 9.17) is 9.52 Å². The maximum absolute atomic E-state index is 8.85. The fourth-order valence-electron chi connectivity index (χ4n) is 1.61. The van der Waals surface area contributed by atoms with E-state index < -0.39 is 0 Å². The molecule has 0 aliphatic heterocycles. The molecule has 2 N–H and O–H groups in total. The van der Waals surface area contributed by atoms with Gasteiger partial charge in [-0.05, 0) is 37.4 Å². The molecule has 15 heavy (non-hydrogen) atoms. The SMILES string of the molecule is CCC(CCO)CNCc1occc1C. The summed E-state index contributed by atoms with van der Waals surface area (Å²) in [5.74, 6) is 1.57. The summed E-state index contributed by atoms with van der Waals surface area (Å²) < 4.78 is 5.33. The Morgan fingerprint density at radius 1 is 1.53 bits per heavy atom. The molecule has 86 valence electrons. The first-order valence-electron chi connectivity index (χ1n) is 5.62. The first-order valence-corrected chi connectivity index (χ1v) is 5.62. The van der Waals surface area contributed by atoms with Crippen LogP contribution in [0.4, 0.5) is 0 Å². The average Bonchev–Trinajstić information content (AvgIpc) is 2.63. The minimum atomic E-state index is 0.278. The van der Waals surface area contributed by atoms with E-state index in [1.54, 1.807) is 6.26 Å². The van der Waals surface area contributed by atoms with Gasteiger partial charge in [0.15, 0.2) is 0 Å². The third-order valence-electron chi connectivity index (χ3n) is 2.80. The van der Waals surface area contributed by atoms with Gasteiger partial charge in [-0.15, -0.1) is 0 Å². The molecule has 1 aromatic heterocycles. The van der Waals surface area contributed by atoms with Crippen LogP contribution in [-0.4, -0.2) is 18.3 Å². The van der Waals surface area contributed by atoms with Crippen molar-refractivity contribution in [2.24, 2.45) is 5.92 Å². The highest BCUT2D eigenvalue weighted by atomic mass is 16.3. The van der Waals surface area contributed by atoms with Gasteiger partial charge in [-0.1, -0.05) is 13.3 Å². The lowest BCUT2D eigenvalue weighted by molar-refractivity contribution is 0.250. The van der Waals surface area contributed by atoms with Crippen LogP contribution in [0, 0.1) is 12.8 Å². The molecule has 0 aromatic carbocycles. The van der Waals surface area contributed by atoms with Crippen molar-refractivity contribution in [2.45, 2.75) is 33.2 Å². The Morgan fingerprint density at radius 3 is 2.87 bits per heavy atom. The van der Waals surface area contributed by atoms with E-state index in [9.17, 15) is 0 Å². The molecule has 0 radical (unpaired) electrons. The first kappa shape index (κ1) is 12.3. The fourth-order valence-corrected chi connectivity index (χ4v) is 1.61. The lowest BCUT2D eigenvalue weighted by atomic mass is 10.0. The second kappa shape index (κ2) is 6.64. The minimum absolute atomic E-state index is 0.278. The molecule has 1 aromatic rings. The van der Waals surface area contributed by atoms with Gasteiger partial charge in [-0.3, -0.25) is 0 Å². The summed E-state index contributed by atoms with van der Waals surface area (Å²) in [5.41, 5.74) is 1.19. The van der Waals surface area contributed by atoms with Crippen molar-refractivity contribution in [1.82, 2.24) is 5.32 Å². The number of hydrogen-bond donors (Lipinski definition) is 2. The Kier molecular flexibility index (Phi) is 5.43. The van der Waals surface area contributed by atoms with Crippen LogP contribution in [0.1, 0.15) is 31.1 Å². The molecule has 3 heteroatoms. The first-order chi connectivity index (χ1) is 7.27. The molecule has 0 fully saturated rings. The van der Waals surface area contributed by atoms with Crippen molar-refractivity contribution < 1.29 is 9.52 Å². The van der Waals surface area contributed by atoms with Gasteiger partial charge >= 0.3 is 0 Å². The van der Waals surface area contributed by atoms with Gasteiger partial charge < -0.3 is 14.8 Å². The van der Waals surface area contributed by atoms with E-state index >= 15 is 0 Å². The normalized spacial score (nSPS) is 13.0. The highest BCUT2D eigenvalue weighted by molar-refractivity contribution is 5.13. The molecule has 0 aliphatic rings. The van der Waals surface area contributed by atoms with Crippen molar-refractivity contribution in [3.05, 3.63) is 23.7 Å². The van der Waals surface area contributed by atoms with E-state index in [0.717, 1.165) is 31.7 Å². The predicted octanol–water partition coefficient (Wildman–Crippen LogP) is 2.09. The average molecular weight is 211 g/mol. The standard InChI is InChI=1S/C12H21NO2/c1-3-11(4-6-14)8-13-9-12-10(2)5-7-15-12/h5,7,11,13-14H,3-4,6,8-9H2,1-2H3. The number of rotatable bonds is 7. The monoisotopic (exact) mass is 211 g/mol. The zero-order valence-electron chi connectivity index (χ0n) is 9.62. The Hall–Kier alpha value is -0.800. The summed E-state index contributed by atoms with van der Waals surface area (Å²) in [6, 6.07) is 1.97. The molecular weight excluding hydrogens is 190 g/mol. The summed E-state index contributed by atoms with van der Waals surface area (Å²) in [7, 11) is 0. The third kappa shape index (κ3) is 4.06. The van der Waals surface area contributed by atoms with Crippen molar-refractivity contribution in [3.8, 4) is 0 Å². The molecule has 1 rings (SSSR count). The van der Waals surface area contributed by atoms with E-state index in [2.05, 4.69) is 12.2 Å². The van der Waals surface area contributed by atoms with Gasteiger partial charge in [0.05, 0.1) is 12.8 Å². The quantitative estimate of drug-likeness (QED) is 0.726. The smallest absolute Gasteiger partial charge is 0.120 e. The Balaban J connectivity index is 2.23. The predicted molar refractivity (Wildman–Crippen MR) is 60.6 cm³/mol. The lowest BCUT2D eigenvalue weighted by Gasteiger charge is -2.13. The maximum atomic E-state index is 8.85. The second-order valence-electron chi connectivity index (χ2n) is 3.94. The zero-order valence-corrected chi connectivity index (χ0v) is 9.62. The molecule has 0 saturated carbocycles. The highest BCUT2D eigenvalue weighted by Crippen LogP contribution is 2.09. The van der Waals surface area contributed by atoms with E-state index in [0.29, 0.717) is 5.92 Å². The Bertz CT molecular complexity index is 270. The van der Waals surface area contributed by atoms with Gasteiger partial charge in [-0.2, -0.15) is 0 Å². The minimum Gasteiger partial charge on any atom is -0.468 e. The van der Waals surface area contributed by atoms with E-state index in [-0.39, 0.29) is 6.61 Å². The van der Waals surface area contributed by atoms with Crippen LogP contribution in [-0.2, 0) is 6.54 Å². The van der Waals surface area contributed by atoms with Crippen molar-refractivity contribution in [2.75, 3.05) is 13.2 Å². The number of nitrogens with one attached hydrogen (secondary N) is 1. The number of hydrogen-bond acceptors (Lipinski definition) is 3. The van der Waals surface area contributed by atoms with Crippen molar-refractivity contribution in [3.63, 3.8) is 0 Å². The zero-order chi connectivity index (χ0) is 11.1. The summed E-state index contributed by atoms with van der Waals surface area (Å²) in [4.78, 5) is 0. The third-order valence-corrected chi connectivity index (χ3v) is 2.80. The Morgan fingerprint density at radius 2 is 2.33 bits per heavy atom. The van der Waals surface area contributed by atoms with Gasteiger partial charge in [0, 0.05) is 6.61 Å². The number of aliphatic hydroxyl groups is 1. The molecule has 1 heterocycles. The molecule has 1 atom stereocenters. The fraction of sp³-hybridized carbons (Fsp3) is 0.667. The number of furan rings is 1. The van der Waals surface area contributed by atoms with Crippen LogP contribution in [0.3, 0.4) is 0 Å². The Labute approximate surface area is 91.5 Å². The van der Waals surface area contributed by atoms with Crippen LogP contribution in [0.5, 0.6) is 0 Å². The topological polar surface area (TPSA) is 45.4 Å². The van der Waals surface area contributed by atoms with Crippen molar-refractivity contribution in [1.29, 1.82) is 0 Å². The van der Waals surface area contributed by atoms with E-state index in [1.807, 2.05) is 13.0 Å². The second-order valence-corrected chi connectivity index (χ2v) is 3.94. The summed E-state index contributed by atoms with van der Waals surface area (Å²) >= 11 is 0. The van der Waals surface area contributed by atoms with Gasteiger partial charge in [0.1, 0.15) is 5.76 Å². The molecule has 3 nitrogen and oxygen atoms in total. The van der Waals surface area contributed by atoms with Gasteiger partial charge in [0.25, 0.3) is 0 Å². The molecule has 1 unspecified atom stereocenters. The summed E-state index contributed by atoms with van der Waals surface area (Å²) in [6.45, 7) is 6.20. The van der Waals surface area contributed by atoms with Gasteiger partial charge in [-0.25, -0.2) is 0 Å². The van der Waals surface area contributed by atoms with Gasteiger partial charge in [0.2, 0.25) is 0 Å². The molecule has 0 amide bonds. The summed E-state index contributed by atoms with van der Waals surface area (Å²) in [5, 5.41) is 12.2. The van der Waals surface area contributed by atoms with E-state index in [1.165, 1.54) is 5.56 Å². The molecule has 0 saturated heterocycles. The van der Waals surface area contributed by atoms with Crippen molar-refractivity contribution >= 4 is 0 Å². The molecule has 0 aliphatic carbocycles. The number of aliphatic hydroxyl groups excluding tert-OH is 1. The molecular formula is C12H21NO2. The van der Waals surface area contributed by atoms with Crippen LogP contribution in [0.2, 0.25) is 0 Å². The number of aryl methyl sites for hydroxylation is 1. The molecule has 0 spiro atoms. The summed E-state index contributed by atoms with van der Waals surface area (Å²) in [6.07, 6.45) is 3.70. The highest BCUT2D eigenvalue weighted by Gasteiger charge is 2.06. The largest absolute Gasteiger partial charge is 0.468 e. The van der Waals surface area contributed by atoms with Crippen LogP contribution in [0.25, 0.3) is 0 Å².